The molecule has 2 unspecified atom stereocenters. The van der Waals surface area contributed by atoms with Crippen LogP contribution in [0.15, 0.2) is 6.33 Å². The lowest BCUT2D eigenvalue weighted by Crippen LogP contribution is -2.30. The molecule has 0 saturated carbocycles. The summed E-state index contributed by atoms with van der Waals surface area (Å²) in [6.45, 7) is 3.70. The van der Waals surface area contributed by atoms with Crippen LogP contribution in [-0.2, 0) is 4.79 Å². The van der Waals surface area contributed by atoms with E-state index >= 15 is 0 Å². The number of likely N-dealkylation sites (tertiary alicyclic amines) is 1. The van der Waals surface area contributed by atoms with Gasteiger partial charge in [-0.1, -0.05) is 6.92 Å². The third-order valence-corrected chi connectivity index (χ3v) is 4.20. The molecule has 2 atom stereocenters. The van der Waals surface area contributed by atoms with Crippen LogP contribution in [-0.4, -0.2) is 50.6 Å². The standard InChI is InChI=1S/C11H18N4OS/c1-8(17-2)5-10(16)15-4-3-9(6-15)11-12-7-13-14-11/h7-9H,3-6H2,1-2H3,(H,12,13,14). The first-order chi connectivity index (χ1) is 8.20. The molecule has 17 heavy (non-hydrogen) atoms. The van der Waals surface area contributed by atoms with Gasteiger partial charge in [0.15, 0.2) is 0 Å². The molecule has 1 amide bonds. The Morgan fingerprint density at radius 3 is 3.24 bits per heavy atom. The first-order valence-electron chi connectivity index (χ1n) is 5.86. The number of nitrogens with one attached hydrogen (secondary N) is 1. The van der Waals surface area contributed by atoms with Gasteiger partial charge in [0.25, 0.3) is 0 Å². The van der Waals surface area contributed by atoms with E-state index in [4.69, 9.17) is 0 Å². The Bertz CT molecular complexity index is 368. The monoisotopic (exact) mass is 254 g/mol. The average Bonchev–Trinajstić information content (AvgIpc) is 2.98. The van der Waals surface area contributed by atoms with Crippen molar-refractivity contribution in [3.63, 3.8) is 0 Å². The van der Waals surface area contributed by atoms with E-state index < -0.39 is 0 Å². The molecule has 6 heteroatoms. The van der Waals surface area contributed by atoms with E-state index in [1.165, 1.54) is 6.33 Å². The van der Waals surface area contributed by atoms with Crippen molar-refractivity contribution in [2.75, 3.05) is 19.3 Å². The van der Waals surface area contributed by atoms with Crippen molar-refractivity contribution in [2.24, 2.45) is 0 Å². The lowest BCUT2D eigenvalue weighted by Gasteiger charge is -2.18. The summed E-state index contributed by atoms with van der Waals surface area (Å²) in [5.41, 5.74) is 0. The predicted octanol–water partition coefficient (Wildman–Crippen LogP) is 1.26. The summed E-state index contributed by atoms with van der Waals surface area (Å²) in [7, 11) is 0. The van der Waals surface area contributed by atoms with Gasteiger partial charge in [-0.15, -0.1) is 0 Å². The SMILES string of the molecule is CSC(C)CC(=O)N1CCC(c2ncn[nH]2)C1. The van der Waals surface area contributed by atoms with Gasteiger partial charge >= 0.3 is 0 Å². The number of aromatic amines is 1. The maximum absolute atomic E-state index is 12.0. The van der Waals surface area contributed by atoms with Gasteiger partial charge in [0, 0.05) is 30.7 Å². The van der Waals surface area contributed by atoms with Crippen LogP contribution in [0.4, 0.5) is 0 Å². The number of amides is 1. The lowest BCUT2D eigenvalue weighted by atomic mass is 10.1. The summed E-state index contributed by atoms with van der Waals surface area (Å²) in [6.07, 6.45) is 5.17. The number of nitrogens with zero attached hydrogens (tertiary/aromatic N) is 3. The molecule has 0 radical (unpaired) electrons. The summed E-state index contributed by atoms with van der Waals surface area (Å²) in [5.74, 6) is 1.48. The number of hydrogen-bond donors (Lipinski definition) is 1. The fourth-order valence-electron chi connectivity index (χ4n) is 2.08. The second kappa shape index (κ2) is 5.53. The molecule has 0 spiro atoms. The summed E-state index contributed by atoms with van der Waals surface area (Å²) in [5, 5.41) is 7.14. The molecule has 1 fully saturated rings. The van der Waals surface area contributed by atoms with Gasteiger partial charge in [-0.3, -0.25) is 9.89 Å². The van der Waals surface area contributed by atoms with E-state index in [0.717, 1.165) is 25.3 Å². The molecule has 1 aliphatic rings. The Balaban J connectivity index is 1.87. The van der Waals surface area contributed by atoms with Crippen LogP contribution in [0.2, 0.25) is 0 Å². The van der Waals surface area contributed by atoms with E-state index in [0.29, 0.717) is 17.6 Å². The van der Waals surface area contributed by atoms with Crippen LogP contribution >= 0.6 is 11.8 Å². The molecule has 5 nitrogen and oxygen atoms in total. The molecule has 0 bridgehead atoms. The highest BCUT2D eigenvalue weighted by Gasteiger charge is 2.29. The molecule has 2 rings (SSSR count). The van der Waals surface area contributed by atoms with Gasteiger partial charge in [-0.25, -0.2) is 4.98 Å². The Hall–Kier alpha value is -1.04. The zero-order valence-corrected chi connectivity index (χ0v) is 11.0. The van der Waals surface area contributed by atoms with Crippen LogP contribution in [0, 0.1) is 0 Å². The van der Waals surface area contributed by atoms with Crippen molar-refractivity contribution in [1.82, 2.24) is 20.1 Å². The molecule has 1 aromatic heterocycles. The number of carbonyl (C=O) groups is 1. The van der Waals surface area contributed by atoms with Crippen LogP contribution in [0.25, 0.3) is 0 Å². The van der Waals surface area contributed by atoms with E-state index in [9.17, 15) is 4.79 Å². The van der Waals surface area contributed by atoms with Gasteiger partial charge < -0.3 is 4.90 Å². The van der Waals surface area contributed by atoms with Crippen LogP contribution in [0.3, 0.4) is 0 Å². The second-order valence-electron chi connectivity index (χ2n) is 4.45. The lowest BCUT2D eigenvalue weighted by molar-refractivity contribution is -0.130. The molecule has 2 heterocycles. The fraction of sp³-hybridized carbons (Fsp3) is 0.727. The average molecular weight is 254 g/mol. The summed E-state index contributed by atoms with van der Waals surface area (Å²) in [4.78, 5) is 18.1. The molecule has 0 aromatic carbocycles. The zero-order chi connectivity index (χ0) is 12.3. The van der Waals surface area contributed by atoms with Crippen molar-refractivity contribution in [3.05, 3.63) is 12.2 Å². The van der Waals surface area contributed by atoms with Crippen molar-refractivity contribution >= 4 is 17.7 Å². The number of hydrogen-bond acceptors (Lipinski definition) is 4. The van der Waals surface area contributed by atoms with E-state index in [-0.39, 0.29) is 5.91 Å². The number of rotatable bonds is 4. The molecular weight excluding hydrogens is 236 g/mol. The largest absolute Gasteiger partial charge is 0.342 e. The zero-order valence-electron chi connectivity index (χ0n) is 10.2. The number of aromatic nitrogens is 3. The Kier molecular flexibility index (Phi) is 4.04. The Morgan fingerprint density at radius 2 is 2.59 bits per heavy atom. The van der Waals surface area contributed by atoms with Crippen LogP contribution in [0.5, 0.6) is 0 Å². The topological polar surface area (TPSA) is 61.9 Å². The van der Waals surface area contributed by atoms with Gasteiger partial charge in [0.1, 0.15) is 12.2 Å². The van der Waals surface area contributed by atoms with Crippen molar-refractivity contribution in [1.29, 1.82) is 0 Å². The fourth-order valence-corrected chi connectivity index (χ4v) is 2.39. The summed E-state index contributed by atoms with van der Waals surface area (Å²) >= 11 is 1.73. The third-order valence-electron chi connectivity index (χ3n) is 3.23. The minimum atomic E-state index is 0.258. The minimum Gasteiger partial charge on any atom is -0.342 e. The minimum absolute atomic E-state index is 0.258. The third kappa shape index (κ3) is 3.00. The first-order valence-corrected chi connectivity index (χ1v) is 7.15. The van der Waals surface area contributed by atoms with E-state index in [2.05, 4.69) is 22.1 Å². The summed E-state index contributed by atoms with van der Waals surface area (Å²) in [6, 6.07) is 0. The molecule has 1 saturated heterocycles. The molecule has 1 aliphatic heterocycles. The Labute approximate surface area is 105 Å². The van der Waals surface area contributed by atoms with Gasteiger partial charge in [-0.05, 0) is 12.7 Å². The first kappa shape index (κ1) is 12.4. The highest BCUT2D eigenvalue weighted by atomic mass is 32.2. The highest BCUT2D eigenvalue weighted by molar-refractivity contribution is 7.99. The predicted molar refractivity (Wildman–Crippen MR) is 67.9 cm³/mol. The summed E-state index contributed by atoms with van der Waals surface area (Å²) < 4.78 is 0. The molecule has 1 aromatic rings. The number of thioether (sulfide) groups is 1. The smallest absolute Gasteiger partial charge is 0.223 e. The van der Waals surface area contributed by atoms with Crippen molar-refractivity contribution in [2.45, 2.75) is 30.9 Å². The van der Waals surface area contributed by atoms with Crippen molar-refractivity contribution in [3.8, 4) is 0 Å². The number of H-pyrrole nitrogens is 1. The highest BCUT2D eigenvalue weighted by Crippen LogP contribution is 2.25. The van der Waals surface area contributed by atoms with Crippen molar-refractivity contribution < 1.29 is 4.79 Å². The molecule has 0 aliphatic carbocycles. The maximum atomic E-state index is 12.0. The normalized spacial score (nSPS) is 21.8. The molecule has 94 valence electrons. The molecule has 1 N–H and O–H groups in total. The number of carbonyl (C=O) groups excluding carboxylic acids is 1. The quantitative estimate of drug-likeness (QED) is 0.878. The van der Waals surface area contributed by atoms with Gasteiger partial charge in [-0.2, -0.15) is 16.9 Å². The van der Waals surface area contributed by atoms with E-state index in [1.807, 2.05) is 11.2 Å². The Morgan fingerprint density at radius 1 is 1.76 bits per heavy atom. The van der Waals surface area contributed by atoms with E-state index in [1.54, 1.807) is 11.8 Å². The van der Waals surface area contributed by atoms with Crippen LogP contribution < -0.4 is 0 Å². The molecular formula is C11H18N4OS. The van der Waals surface area contributed by atoms with Gasteiger partial charge in [0.2, 0.25) is 5.91 Å². The van der Waals surface area contributed by atoms with Crippen LogP contribution in [0.1, 0.15) is 31.5 Å². The second-order valence-corrected chi connectivity index (χ2v) is 5.72. The van der Waals surface area contributed by atoms with Gasteiger partial charge in [0.05, 0.1) is 0 Å². The maximum Gasteiger partial charge on any atom is 0.223 e.